The summed E-state index contributed by atoms with van der Waals surface area (Å²) in [6.45, 7) is 9.11. The van der Waals surface area contributed by atoms with E-state index in [0.29, 0.717) is 12.3 Å². The molecule has 5 nitrogen and oxygen atoms in total. The van der Waals surface area contributed by atoms with E-state index in [4.69, 9.17) is 4.74 Å². The van der Waals surface area contributed by atoms with Crippen LogP contribution in [0.15, 0.2) is 0 Å². The Kier molecular flexibility index (Phi) is 6.16. The van der Waals surface area contributed by atoms with E-state index in [1.54, 1.807) is 27.8 Å². The highest BCUT2D eigenvalue weighted by Crippen LogP contribution is 2.10. The molecule has 0 spiro atoms. The lowest BCUT2D eigenvalue weighted by Crippen LogP contribution is -2.38. The lowest BCUT2D eigenvalue weighted by molar-refractivity contribution is -0.144. The zero-order chi connectivity index (χ0) is 13.6. The molecule has 100 valence electrons. The van der Waals surface area contributed by atoms with Gasteiger partial charge in [0.15, 0.2) is 0 Å². The minimum atomic E-state index is -0.952. The van der Waals surface area contributed by atoms with Crippen LogP contribution in [0.25, 0.3) is 0 Å². The summed E-state index contributed by atoms with van der Waals surface area (Å²) in [6.07, 6.45) is -0.343. The topological polar surface area (TPSA) is 64.6 Å². The van der Waals surface area contributed by atoms with Gasteiger partial charge in [-0.05, 0) is 40.2 Å². The Labute approximate surface area is 103 Å². The van der Waals surface area contributed by atoms with Crippen LogP contribution < -0.4 is 5.32 Å². The van der Waals surface area contributed by atoms with Crippen molar-refractivity contribution < 1.29 is 19.1 Å². The molecule has 17 heavy (non-hydrogen) atoms. The second kappa shape index (κ2) is 6.59. The summed E-state index contributed by atoms with van der Waals surface area (Å²) >= 11 is 0. The molecular weight excluding hydrogens is 222 g/mol. The van der Waals surface area contributed by atoms with Crippen LogP contribution in [0, 0.1) is 5.92 Å². The molecule has 0 saturated heterocycles. The van der Waals surface area contributed by atoms with Crippen LogP contribution in [0.1, 0.15) is 41.0 Å². The Bertz CT molecular complexity index is 268. The Balaban J connectivity index is 4.27. The summed E-state index contributed by atoms with van der Waals surface area (Å²) in [7, 11) is 1.66. The maximum Gasteiger partial charge on any atom is 0.516 e. The fraction of sp³-hybridized carbons (Fsp3) is 0.833. The minimum Gasteiger partial charge on any atom is -0.428 e. The molecule has 0 aromatic rings. The van der Waals surface area contributed by atoms with Crippen LogP contribution in [0.3, 0.4) is 0 Å². The van der Waals surface area contributed by atoms with E-state index < -0.39 is 23.8 Å². The number of nitrogens with one attached hydrogen (secondary N) is 1. The van der Waals surface area contributed by atoms with Gasteiger partial charge in [0.05, 0.1) is 0 Å². The molecule has 5 heteroatoms. The number of rotatable bonds is 4. The molecule has 0 radical (unpaired) electrons. The largest absolute Gasteiger partial charge is 0.516 e. The summed E-state index contributed by atoms with van der Waals surface area (Å²) in [5.41, 5.74) is -0.662. The number of hydrogen-bond acceptors (Lipinski definition) is 5. The molecule has 0 heterocycles. The van der Waals surface area contributed by atoms with Gasteiger partial charge in [0.25, 0.3) is 0 Å². The minimum absolute atomic E-state index is 0.332. The van der Waals surface area contributed by atoms with E-state index in [1.807, 2.05) is 13.8 Å². The van der Waals surface area contributed by atoms with Crippen molar-refractivity contribution in [3.8, 4) is 0 Å². The van der Waals surface area contributed by atoms with E-state index in [1.165, 1.54) is 0 Å². The molecule has 0 aliphatic rings. The van der Waals surface area contributed by atoms with Crippen molar-refractivity contribution in [2.24, 2.45) is 5.92 Å². The highest BCUT2D eigenvalue weighted by Gasteiger charge is 2.25. The van der Waals surface area contributed by atoms with Crippen LogP contribution in [-0.4, -0.2) is 30.8 Å². The number of hydrogen-bond donors (Lipinski definition) is 1. The third-order valence-corrected chi connectivity index (χ3v) is 1.91. The molecular formula is C12H23NO4. The van der Waals surface area contributed by atoms with Gasteiger partial charge >= 0.3 is 12.1 Å². The van der Waals surface area contributed by atoms with Crippen molar-refractivity contribution >= 4 is 12.1 Å². The first-order chi connectivity index (χ1) is 7.65. The molecule has 1 N–H and O–H groups in total. The lowest BCUT2D eigenvalue weighted by atomic mass is 10.0. The molecule has 0 unspecified atom stereocenters. The van der Waals surface area contributed by atoms with Crippen molar-refractivity contribution in [1.29, 1.82) is 0 Å². The van der Waals surface area contributed by atoms with E-state index in [2.05, 4.69) is 10.1 Å². The van der Waals surface area contributed by atoms with E-state index in [-0.39, 0.29) is 0 Å². The van der Waals surface area contributed by atoms with Gasteiger partial charge < -0.3 is 14.8 Å². The predicted octanol–water partition coefficient (Wildman–Crippen LogP) is 2.10. The second-order valence-corrected chi connectivity index (χ2v) is 5.36. The SMILES string of the molecule is CN[C@@H](CC(C)C)C(=O)OC(=O)OC(C)(C)C. The highest BCUT2D eigenvalue weighted by molar-refractivity contribution is 5.85. The Hall–Kier alpha value is -1.10. The van der Waals surface area contributed by atoms with Gasteiger partial charge in [0, 0.05) is 0 Å². The number of carbonyl (C=O) groups excluding carboxylic acids is 2. The van der Waals surface area contributed by atoms with Crippen molar-refractivity contribution in [1.82, 2.24) is 5.32 Å². The van der Waals surface area contributed by atoms with E-state index >= 15 is 0 Å². The first-order valence-corrected chi connectivity index (χ1v) is 5.77. The number of ether oxygens (including phenoxy) is 2. The summed E-state index contributed by atoms with van der Waals surface area (Å²) in [4.78, 5) is 22.9. The maximum absolute atomic E-state index is 11.6. The van der Waals surface area contributed by atoms with Crippen LogP contribution in [-0.2, 0) is 14.3 Å². The van der Waals surface area contributed by atoms with Crippen LogP contribution in [0.4, 0.5) is 4.79 Å². The standard InChI is InChI=1S/C12H23NO4/c1-8(2)7-9(13-6)10(14)16-11(15)17-12(3,4)5/h8-9,13H,7H2,1-6H3/t9-/m0/s1. The third kappa shape index (κ3) is 7.74. The Morgan fingerprint density at radius 3 is 2.12 bits per heavy atom. The lowest BCUT2D eigenvalue weighted by Gasteiger charge is -2.20. The fourth-order valence-electron chi connectivity index (χ4n) is 1.23. The van der Waals surface area contributed by atoms with Crippen LogP contribution >= 0.6 is 0 Å². The molecule has 1 atom stereocenters. The second-order valence-electron chi connectivity index (χ2n) is 5.36. The Morgan fingerprint density at radius 2 is 1.76 bits per heavy atom. The molecule has 0 amide bonds. The molecule has 0 aliphatic heterocycles. The van der Waals surface area contributed by atoms with Gasteiger partial charge in [0.2, 0.25) is 0 Å². The summed E-state index contributed by atoms with van der Waals surface area (Å²) in [6, 6.07) is -0.484. The van der Waals surface area contributed by atoms with Crippen molar-refractivity contribution in [3.63, 3.8) is 0 Å². The molecule has 0 aromatic carbocycles. The summed E-state index contributed by atoms with van der Waals surface area (Å²) < 4.78 is 9.52. The molecule has 0 aromatic heterocycles. The molecule has 0 aliphatic carbocycles. The highest BCUT2D eigenvalue weighted by atomic mass is 16.7. The summed E-state index contributed by atoms with van der Waals surface area (Å²) in [5.74, 6) is -0.269. The first-order valence-electron chi connectivity index (χ1n) is 5.77. The normalized spacial score (nSPS) is 13.4. The zero-order valence-corrected chi connectivity index (χ0v) is 11.5. The molecule has 0 fully saturated rings. The van der Waals surface area contributed by atoms with Gasteiger partial charge in [-0.15, -0.1) is 0 Å². The molecule has 0 rings (SSSR count). The van der Waals surface area contributed by atoms with Crippen molar-refractivity contribution in [2.75, 3.05) is 7.05 Å². The van der Waals surface area contributed by atoms with Gasteiger partial charge in [-0.1, -0.05) is 13.8 Å². The quantitative estimate of drug-likeness (QED) is 0.607. The zero-order valence-electron chi connectivity index (χ0n) is 11.5. The molecule has 0 bridgehead atoms. The Morgan fingerprint density at radius 1 is 1.24 bits per heavy atom. The summed E-state index contributed by atoms with van der Waals surface area (Å²) in [5, 5.41) is 2.82. The average Bonchev–Trinajstić information content (AvgIpc) is 2.10. The van der Waals surface area contributed by atoms with Crippen LogP contribution in [0.2, 0.25) is 0 Å². The van der Waals surface area contributed by atoms with Crippen LogP contribution in [0.5, 0.6) is 0 Å². The monoisotopic (exact) mass is 245 g/mol. The predicted molar refractivity (Wildman–Crippen MR) is 64.6 cm³/mol. The van der Waals surface area contributed by atoms with Gasteiger partial charge in [-0.25, -0.2) is 9.59 Å². The van der Waals surface area contributed by atoms with Gasteiger partial charge in [-0.2, -0.15) is 0 Å². The average molecular weight is 245 g/mol. The first kappa shape index (κ1) is 15.9. The maximum atomic E-state index is 11.6. The van der Waals surface area contributed by atoms with E-state index in [0.717, 1.165) is 0 Å². The number of esters is 1. The smallest absolute Gasteiger partial charge is 0.428 e. The van der Waals surface area contributed by atoms with Gasteiger partial charge in [0.1, 0.15) is 11.6 Å². The number of likely N-dealkylation sites (N-methyl/N-ethyl adjacent to an activating group) is 1. The van der Waals surface area contributed by atoms with Crippen molar-refractivity contribution in [2.45, 2.75) is 52.7 Å². The van der Waals surface area contributed by atoms with Gasteiger partial charge in [-0.3, -0.25) is 0 Å². The fourth-order valence-corrected chi connectivity index (χ4v) is 1.23. The third-order valence-electron chi connectivity index (χ3n) is 1.91. The molecule has 0 saturated carbocycles. The van der Waals surface area contributed by atoms with E-state index in [9.17, 15) is 9.59 Å². The van der Waals surface area contributed by atoms with Crippen molar-refractivity contribution in [3.05, 3.63) is 0 Å². The number of carbonyl (C=O) groups is 2.